The van der Waals surface area contributed by atoms with E-state index in [0.717, 1.165) is 37.7 Å². The molecule has 158 valence electrons. The van der Waals surface area contributed by atoms with Crippen LogP contribution in [0.5, 0.6) is 0 Å². The van der Waals surface area contributed by atoms with Crippen molar-refractivity contribution >= 4 is 5.91 Å². The SMILES string of the molecule is N#Cc1cncc(CC2CCC(C(=O)N3OCC[C@H]3c3cc(F)cc(C#N)c3)CC2)c1. The molecular weight excluding hydrogens is 395 g/mol. The Morgan fingerprint density at radius 2 is 1.84 bits per heavy atom. The van der Waals surface area contributed by atoms with Crippen LogP contribution in [0.4, 0.5) is 4.39 Å². The molecule has 1 saturated heterocycles. The van der Waals surface area contributed by atoms with Crippen LogP contribution in [-0.2, 0) is 16.1 Å². The molecule has 1 aliphatic heterocycles. The van der Waals surface area contributed by atoms with Gasteiger partial charge in [-0.25, -0.2) is 9.45 Å². The van der Waals surface area contributed by atoms with E-state index in [1.54, 1.807) is 18.5 Å². The fraction of sp³-hybridized carbons (Fsp3) is 0.417. The number of rotatable bonds is 4. The lowest BCUT2D eigenvalue weighted by molar-refractivity contribution is -0.183. The highest BCUT2D eigenvalue weighted by Crippen LogP contribution is 2.37. The Morgan fingerprint density at radius 3 is 2.58 bits per heavy atom. The van der Waals surface area contributed by atoms with Gasteiger partial charge >= 0.3 is 0 Å². The average molecular weight is 418 g/mol. The summed E-state index contributed by atoms with van der Waals surface area (Å²) >= 11 is 0. The second-order valence-corrected chi connectivity index (χ2v) is 8.30. The molecule has 7 heteroatoms. The number of amides is 1. The van der Waals surface area contributed by atoms with Crippen molar-refractivity contribution in [2.24, 2.45) is 11.8 Å². The van der Waals surface area contributed by atoms with E-state index in [1.165, 1.54) is 17.2 Å². The summed E-state index contributed by atoms with van der Waals surface area (Å²) in [5.74, 6) is -0.207. The smallest absolute Gasteiger partial charge is 0.249 e. The van der Waals surface area contributed by atoms with Crippen LogP contribution in [0.15, 0.2) is 36.7 Å². The summed E-state index contributed by atoms with van der Waals surface area (Å²) in [6.07, 6.45) is 8.18. The van der Waals surface area contributed by atoms with Crippen molar-refractivity contribution in [1.82, 2.24) is 10.0 Å². The van der Waals surface area contributed by atoms with Crippen LogP contribution in [0.25, 0.3) is 0 Å². The molecule has 0 N–H and O–H groups in total. The van der Waals surface area contributed by atoms with E-state index in [1.807, 2.05) is 12.1 Å². The molecule has 0 spiro atoms. The lowest BCUT2D eigenvalue weighted by Gasteiger charge is -2.32. The van der Waals surface area contributed by atoms with Crippen molar-refractivity contribution in [2.75, 3.05) is 6.61 Å². The van der Waals surface area contributed by atoms with Gasteiger partial charge in [-0.05, 0) is 73.4 Å². The molecule has 2 heterocycles. The van der Waals surface area contributed by atoms with Crippen LogP contribution in [0, 0.1) is 40.3 Å². The molecule has 0 radical (unpaired) electrons. The molecule has 1 aliphatic carbocycles. The van der Waals surface area contributed by atoms with Gasteiger partial charge in [0.15, 0.2) is 0 Å². The summed E-state index contributed by atoms with van der Waals surface area (Å²) in [6, 6.07) is 9.78. The Labute approximate surface area is 180 Å². The molecule has 1 atom stereocenters. The maximum atomic E-state index is 13.9. The van der Waals surface area contributed by atoms with Crippen LogP contribution < -0.4 is 0 Å². The number of halogens is 1. The third-order valence-corrected chi connectivity index (χ3v) is 6.20. The molecule has 31 heavy (non-hydrogen) atoms. The lowest BCUT2D eigenvalue weighted by Crippen LogP contribution is -2.36. The van der Waals surface area contributed by atoms with Crippen molar-refractivity contribution in [3.63, 3.8) is 0 Å². The van der Waals surface area contributed by atoms with Crippen LogP contribution in [0.3, 0.4) is 0 Å². The Hall–Kier alpha value is -3.29. The third-order valence-electron chi connectivity index (χ3n) is 6.20. The van der Waals surface area contributed by atoms with E-state index in [0.29, 0.717) is 30.1 Å². The van der Waals surface area contributed by atoms with Crippen LogP contribution in [-0.4, -0.2) is 22.6 Å². The fourth-order valence-corrected chi connectivity index (χ4v) is 4.65. The summed E-state index contributed by atoms with van der Waals surface area (Å²) in [4.78, 5) is 22.9. The van der Waals surface area contributed by atoms with Gasteiger partial charge < -0.3 is 0 Å². The number of aromatic nitrogens is 1. The number of nitrogens with zero attached hydrogens (tertiary/aromatic N) is 4. The molecule has 0 unspecified atom stereocenters. The number of benzene rings is 1. The van der Waals surface area contributed by atoms with Crippen LogP contribution >= 0.6 is 0 Å². The molecule has 1 saturated carbocycles. The van der Waals surface area contributed by atoms with Gasteiger partial charge in [0.05, 0.1) is 29.8 Å². The molecule has 1 aromatic heterocycles. The van der Waals surface area contributed by atoms with E-state index in [-0.39, 0.29) is 23.4 Å². The molecule has 0 bridgehead atoms. The monoisotopic (exact) mass is 418 g/mol. The minimum absolute atomic E-state index is 0.0585. The Kier molecular flexibility index (Phi) is 6.25. The minimum Gasteiger partial charge on any atom is -0.272 e. The van der Waals surface area contributed by atoms with E-state index in [9.17, 15) is 9.18 Å². The van der Waals surface area contributed by atoms with E-state index >= 15 is 0 Å². The van der Waals surface area contributed by atoms with E-state index < -0.39 is 5.82 Å². The molecule has 4 rings (SSSR count). The fourth-order valence-electron chi connectivity index (χ4n) is 4.65. The summed E-state index contributed by atoms with van der Waals surface area (Å²) in [5, 5.41) is 19.6. The van der Waals surface area contributed by atoms with Gasteiger partial charge in [-0.3, -0.25) is 14.6 Å². The highest BCUT2D eigenvalue weighted by Gasteiger charge is 2.37. The lowest BCUT2D eigenvalue weighted by atomic mass is 9.79. The van der Waals surface area contributed by atoms with Gasteiger partial charge in [0, 0.05) is 24.7 Å². The van der Waals surface area contributed by atoms with Gasteiger partial charge in [-0.15, -0.1) is 0 Å². The molecule has 6 nitrogen and oxygen atoms in total. The first-order valence-electron chi connectivity index (χ1n) is 10.6. The molecule has 2 fully saturated rings. The predicted octanol–water partition coefficient (Wildman–Crippen LogP) is 4.22. The van der Waals surface area contributed by atoms with Gasteiger partial charge in [0.1, 0.15) is 11.9 Å². The zero-order valence-electron chi connectivity index (χ0n) is 17.1. The largest absolute Gasteiger partial charge is 0.272 e. The number of hydrogen-bond acceptors (Lipinski definition) is 5. The number of hydroxylamine groups is 2. The number of pyridine rings is 1. The molecule has 1 aromatic carbocycles. The second kappa shape index (κ2) is 9.24. The number of carbonyl (C=O) groups excluding carboxylic acids is 1. The van der Waals surface area contributed by atoms with Crippen LogP contribution in [0.1, 0.15) is 60.4 Å². The van der Waals surface area contributed by atoms with E-state index in [4.69, 9.17) is 15.4 Å². The van der Waals surface area contributed by atoms with Crippen molar-refractivity contribution in [3.05, 3.63) is 64.7 Å². The van der Waals surface area contributed by atoms with Crippen molar-refractivity contribution in [1.29, 1.82) is 10.5 Å². The van der Waals surface area contributed by atoms with Gasteiger partial charge in [0.25, 0.3) is 0 Å². The highest BCUT2D eigenvalue weighted by atomic mass is 19.1. The number of nitriles is 2. The highest BCUT2D eigenvalue weighted by molar-refractivity contribution is 5.78. The minimum atomic E-state index is -0.483. The Bertz CT molecular complexity index is 1050. The van der Waals surface area contributed by atoms with Gasteiger partial charge in [-0.2, -0.15) is 10.5 Å². The molecule has 2 aliphatic rings. The molecule has 2 aromatic rings. The maximum Gasteiger partial charge on any atom is 0.249 e. The zero-order valence-corrected chi connectivity index (χ0v) is 17.1. The first-order chi connectivity index (χ1) is 15.1. The number of hydrogen-bond donors (Lipinski definition) is 0. The van der Waals surface area contributed by atoms with Crippen LogP contribution in [0.2, 0.25) is 0 Å². The Balaban J connectivity index is 1.38. The van der Waals surface area contributed by atoms with E-state index in [2.05, 4.69) is 11.1 Å². The summed E-state index contributed by atoms with van der Waals surface area (Å²) in [5.41, 5.74) is 2.46. The first kappa shape index (κ1) is 21.0. The van der Waals surface area contributed by atoms with Gasteiger partial charge in [-0.1, -0.05) is 0 Å². The predicted molar refractivity (Wildman–Crippen MR) is 109 cm³/mol. The average Bonchev–Trinajstić information content (AvgIpc) is 3.29. The van der Waals surface area contributed by atoms with Crippen molar-refractivity contribution in [3.8, 4) is 12.1 Å². The summed E-state index contributed by atoms with van der Waals surface area (Å²) in [7, 11) is 0. The quantitative estimate of drug-likeness (QED) is 0.742. The standard InChI is InChI=1S/C24H23FN4O2/c25-22-10-17(12-26)9-21(11-22)23-5-6-31-29(23)24(30)20-3-1-16(2-4-20)7-18-8-19(13-27)15-28-14-18/h8-11,14-16,20,23H,1-7H2/t16?,20?,23-/m0/s1. The third kappa shape index (κ3) is 4.73. The molecular formula is C24H23FN4O2. The second-order valence-electron chi connectivity index (χ2n) is 8.30. The zero-order chi connectivity index (χ0) is 21.8. The van der Waals surface area contributed by atoms with Crippen molar-refractivity contribution in [2.45, 2.75) is 44.6 Å². The summed E-state index contributed by atoms with van der Waals surface area (Å²) < 4.78 is 13.9. The Morgan fingerprint density at radius 1 is 1.06 bits per heavy atom. The van der Waals surface area contributed by atoms with Gasteiger partial charge in [0.2, 0.25) is 5.91 Å². The maximum absolute atomic E-state index is 13.9. The normalized spacial score (nSPS) is 23.2. The first-order valence-corrected chi connectivity index (χ1v) is 10.6. The number of carbonyl (C=O) groups is 1. The molecule has 1 amide bonds. The van der Waals surface area contributed by atoms with Crippen molar-refractivity contribution < 1.29 is 14.0 Å². The summed E-state index contributed by atoms with van der Waals surface area (Å²) in [6.45, 7) is 0.395. The topological polar surface area (TPSA) is 90.0 Å².